The van der Waals surface area contributed by atoms with E-state index in [1.54, 1.807) is 31.5 Å². The molecule has 1 saturated carbocycles. The zero-order valence-electron chi connectivity index (χ0n) is 52.3. The van der Waals surface area contributed by atoms with Gasteiger partial charge in [0, 0.05) is 132 Å². The SMILES string of the molecule is C=C1CCN/C1=C/C.CCCC(C)n1cc(C(/C=C(\N)c2cc(F)ccc2O)=C(\C)N)cn1.NC(N)=C(/C=C(\N)c1cc(F)ccc1O)c1cnn(C2CCN(C3CCCCC3)CC2)c1.O=C1CCC(N2CCc3ccccc32)C(=O)N1.O=C1CCCC(=O)N1. The molecule has 22 heteroatoms. The Morgan fingerprint density at radius 1 is 0.711 bits per heavy atom. The van der Waals surface area contributed by atoms with Gasteiger partial charge in [0.05, 0.1) is 18.4 Å². The van der Waals surface area contributed by atoms with Crippen molar-refractivity contribution < 1.29 is 38.2 Å². The number of hydrogen-bond donors (Lipinski definition) is 10. The van der Waals surface area contributed by atoms with Crippen LogP contribution < -0.4 is 49.5 Å². The van der Waals surface area contributed by atoms with E-state index >= 15 is 0 Å². The predicted octanol–water partition coefficient (Wildman–Crippen LogP) is 9.17. The first kappa shape index (κ1) is 68.3. The molecule has 482 valence electrons. The number of anilines is 1. The van der Waals surface area contributed by atoms with Crippen molar-refractivity contribution in [3.8, 4) is 11.5 Å². The second-order valence-corrected chi connectivity index (χ2v) is 23.4. The minimum atomic E-state index is -0.493. The average molecular weight is 1240 g/mol. The van der Waals surface area contributed by atoms with Crippen molar-refractivity contribution in [3.63, 3.8) is 0 Å². The van der Waals surface area contributed by atoms with E-state index in [1.807, 2.05) is 46.9 Å². The first-order chi connectivity index (χ1) is 43.1. The average Bonchev–Trinajstić information content (AvgIpc) is 1.95. The molecule has 0 bridgehead atoms. The molecule has 7 heterocycles. The number of phenolic OH excluding ortho intramolecular Hbond substituents is 2. The molecule has 5 aliphatic heterocycles. The van der Waals surface area contributed by atoms with Crippen molar-refractivity contribution in [2.45, 2.75) is 155 Å². The normalized spacial score (nSPS) is 19.2. The summed E-state index contributed by atoms with van der Waals surface area (Å²) in [7, 11) is 0. The van der Waals surface area contributed by atoms with Crippen LogP contribution in [0.2, 0.25) is 0 Å². The summed E-state index contributed by atoms with van der Waals surface area (Å²) in [6.07, 6.45) is 28.4. The van der Waals surface area contributed by atoms with Crippen LogP contribution in [0.1, 0.15) is 164 Å². The fourth-order valence-electron chi connectivity index (χ4n) is 11.9. The summed E-state index contributed by atoms with van der Waals surface area (Å²) < 4.78 is 30.9. The summed E-state index contributed by atoms with van der Waals surface area (Å²) in [6.45, 7) is 16.0. The summed E-state index contributed by atoms with van der Waals surface area (Å²) in [4.78, 5) is 48.4. The number of fused-ring (bicyclic) bond motifs is 1. The lowest BCUT2D eigenvalue weighted by Crippen LogP contribution is -2.52. The summed E-state index contributed by atoms with van der Waals surface area (Å²) in [6, 6.07) is 16.6. The van der Waals surface area contributed by atoms with Crippen molar-refractivity contribution in [2.75, 3.05) is 31.1 Å². The first-order valence-electron chi connectivity index (χ1n) is 31.2. The van der Waals surface area contributed by atoms with Crippen molar-refractivity contribution >= 4 is 51.9 Å². The standard InChI is InChI=1S/C24H33FN6O.C19H25FN4O.C13H14N2O2.C7H11N.C5H7NO2/c25-17-6-7-23(32)21(12-17)22(26)13-20(24(27)28)16-14-29-31(15-16)19-8-10-30(11-9-19)18-4-2-1-3-5-18;1-4-5-12(2)24-11-14(10-23-24)16(13(3)21)9-18(22)17-8-15(20)6-7-19(17)25;16-12-6-5-11(13(17)14-12)15-8-7-9-3-1-2-4-10(9)15;1-3-7-6(2)4-5-8-7;7-4-2-1-3-5(8)6-4/h6-7,12-15,18-19,32H,1-5,8-11,26-28H2;6-12,25H,4-5,21-22H2,1-3H3;1-4,11H,5-8H2,(H,14,16,17);3,8H,2,4-5H2,1H3;1-3H2,(H,6,7,8)/b22-13-;16-13+,18-9-;;7-3+;. The summed E-state index contributed by atoms with van der Waals surface area (Å²) in [5.41, 5.74) is 39.1. The number of rotatable bonds is 12. The summed E-state index contributed by atoms with van der Waals surface area (Å²) >= 11 is 0. The second-order valence-electron chi connectivity index (χ2n) is 23.4. The quantitative estimate of drug-likeness (QED) is 0.0411. The topological polar surface area (TPSA) is 317 Å². The molecule has 15 N–H and O–H groups in total. The summed E-state index contributed by atoms with van der Waals surface area (Å²) in [5, 5.41) is 36.7. The van der Waals surface area contributed by atoms with Crippen LogP contribution in [0.15, 0.2) is 133 Å². The minimum absolute atomic E-state index is 0.0792. The maximum atomic E-state index is 13.6. The van der Waals surface area contributed by atoms with Gasteiger partial charge >= 0.3 is 0 Å². The molecule has 6 aliphatic rings. The molecule has 20 nitrogen and oxygen atoms in total. The molecule has 2 unspecified atom stereocenters. The molecule has 3 aromatic carbocycles. The first-order valence-corrected chi connectivity index (χ1v) is 31.2. The number of allylic oxidation sites excluding steroid dienone is 7. The number of carbonyl (C=O) groups excluding carboxylic acids is 4. The van der Waals surface area contributed by atoms with Crippen LogP contribution in [0.3, 0.4) is 0 Å². The van der Waals surface area contributed by atoms with Crippen molar-refractivity contribution in [1.29, 1.82) is 0 Å². The lowest BCUT2D eigenvalue weighted by molar-refractivity contribution is -0.135. The third-order valence-corrected chi connectivity index (χ3v) is 16.8. The van der Waals surface area contributed by atoms with Gasteiger partial charge in [-0.2, -0.15) is 10.2 Å². The lowest BCUT2D eigenvalue weighted by atomic mass is 9.92. The molecule has 2 atom stereocenters. The van der Waals surface area contributed by atoms with Crippen LogP contribution >= 0.6 is 0 Å². The largest absolute Gasteiger partial charge is 0.507 e. The van der Waals surface area contributed by atoms with E-state index in [1.165, 1.54) is 85.3 Å². The number of nitrogens with two attached hydrogens (primary N) is 5. The molecular formula is C68H90F2N14O6. The highest BCUT2D eigenvalue weighted by Gasteiger charge is 2.35. The highest BCUT2D eigenvalue weighted by atomic mass is 19.1. The fraction of sp³-hybridized carbons (Fsp3) is 0.412. The fourth-order valence-corrected chi connectivity index (χ4v) is 11.9. The van der Waals surface area contributed by atoms with E-state index in [2.05, 4.69) is 68.5 Å². The molecular weight excluding hydrogens is 1150 g/mol. The number of nitrogens with one attached hydrogen (secondary N) is 3. The van der Waals surface area contributed by atoms with Crippen LogP contribution in [-0.4, -0.2) is 96.6 Å². The summed E-state index contributed by atoms with van der Waals surface area (Å²) in [5.74, 6) is -1.67. The smallest absolute Gasteiger partial charge is 0.249 e. The number of amides is 4. The third-order valence-electron chi connectivity index (χ3n) is 16.8. The third kappa shape index (κ3) is 18.9. The second kappa shape index (κ2) is 32.9. The molecule has 0 spiro atoms. The van der Waals surface area contributed by atoms with Gasteiger partial charge in [-0.1, -0.05) is 63.5 Å². The van der Waals surface area contributed by atoms with Crippen molar-refractivity contribution in [1.82, 2.24) is 40.4 Å². The number of phenols is 2. The highest BCUT2D eigenvalue weighted by Crippen LogP contribution is 2.34. The molecule has 4 saturated heterocycles. The van der Waals surface area contributed by atoms with Gasteiger partial charge in [-0.15, -0.1) is 0 Å². The van der Waals surface area contributed by atoms with Crippen LogP contribution in [0.5, 0.6) is 11.5 Å². The number of imide groups is 2. The van der Waals surface area contributed by atoms with E-state index in [4.69, 9.17) is 28.7 Å². The molecule has 4 amide bonds. The number of halogens is 2. The van der Waals surface area contributed by atoms with E-state index in [0.717, 1.165) is 87.6 Å². The van der Waals surface area contributed by atoms with Gasteiger partial charge in [0.1, 0.15) is 35.0 Å². The number of nitrogens with zero attached hydrogens (tertiary/aromatic N) is 6. The van der Waals surface area contributed by atoms with Gasteiger partial charge in [-0.25, -0.2) is 8.78 Å². The van der Waals surface area contributed by atoms with Crippen LogP contribution in [0, 0.1) is 11.6 Å². The predicted molar refractivity (Wildman–Crippen MR) is 350 cm³/mol. The monoisotopic (exact) mass is 1240 g/mol. The van der Waals surface area contributed by atoms with Crippen LogP contribution in [0.25, 0.3) is 22.5 Å². The van der Waals surface area contributed by atoms with E-state index in [-0.39, 0.29) is 75.6 Å². The number of aromatic nitrogens is 4. The lowest BCUT2D eigenvalue weighted by Gasteiger charge is -2.39. The van der Waals surface area contributed by atoms with Gasteiger partial charge in [0.2, 0.25) is 23.6 Å². The Balaban J connectivity index is 0.000000175. The molecule has 11 rings (SSSR count). The molecule has 5 fully saturated rings. The molecule has 5 aromatic rings. The zero-order chi connectivity index (χ0) is 65.0. The Kier molecular flexibility index (Phi) is 25.0. The number of carbonyl (C=O) groups is 4. The van der Waals surface area contributed by atoms with Crippen molar-refractivity contribution in [3.05, 3.63) is 172 Å². The van der Waals surface area contributed by atoms with Gasteiger partial charge < -0.3 is 54.0 Å². The van der Waals surface area contributed by atoms with Gasteiger partial charge in [-0.05, 0) is 144 Å². The minimum Gasteiger partial charge on any atom is -0.507 e. The van der Waals surface area contributed by atoms with E-state index in [9.17, 15) is 38.2 Å². The van der Waals surface area contributed by atoms with Crippen LogP contribution in [-0.2, 0) is 25.6 Å². The Morgan fingerprint density at radius 2 is 1.31 bits per heavy atom. The Hall–Kier alpha value is -9.18. The number of hydrogen-bond acceptors (Lipinski definition) is 16. The highest BCUT2D eigenvalue weighted by molar-refractivity contribution is 6.02. The van der Waals surface area contributed by atoms with Gasteiger partial charge in [-0.3, -0.25) is 39.2 Å². The van der Waals surface area contributed by atoms with E-state index < -0.39 is 11.6 Å². The molecule has 2 aromatic heterocycles. The molecule has 0 radical (unpaired) electrons. The Morgan fingerprint density at radius 3 is 1.86 bits per heavy atom. The zero-order valence-corrected chi connectivity index (χ0v) is 52.3. The number of benzene rings is 3. The number of likely N-dealkylation sites (tertiary alicyclic amines) is 1. The number of para-hydroxylation sites is 1. The number of aromatic hydroxyl groups is 2. The molecule has 90 heavy (non-hydrogen) atoms. The Labute approximate surface area is 526 Å². The maximum Gasteiger partial charge on any atom is 0.249 e. The van der Waals surface area contributed by atoms with Crippen LogP contribution in [0.4, 0.5) is 14.5 Å². The Bertz CT molecular complexity index is 3470. The molecule has 1 aliphatic carbocycles. The maximum absolute atomic E-state index is 13.6. The van der Waals surface area contributed by atoms with Gasteiger partial charge in [0.25, 0.3) is 0 Å². The van der Waals surface area contributed by atoms with Gasteiger partial charge in [0.15, 0.2) is 0 Å². The van der Waals surface area contributed by atoms with Crippen molar-refractivity contribution in [2.24, 2.45) is 28.7 Å². The number of piperidine rings is 3. The van der Waals surface area contributed by atoms with E-state index in [0.29, 0.717) is 55.0 Å².